The summed E-state index contributed by atoms with van der Waals surface area (Å²) in [5.74, 6) is 1.03. The van der Waals surface area contributed by atoms with E-state index < -0.39 is 10.0 Å². The SMILES string of the molecule is CC(CCl)CS(=O)(=O)NCC1CC2CCC(C1)N2C. The Morgan fingerprint density at radius 3 is 2.42 bits per heavy atom. The van der Waals surface area contributed by atoms with E-state index in [0.717, 1.165) is 12.8 Å². The van der Waals surface area contributed by atoms with Gasteiger partial charge in [-0.2, -0.15) is 0 Å². The summed E-state index contributed by atoms with van der Waals surface area (Å²) in [4.78, 5) is 2.47. The van der Waals surface area contributed by atoms with E-state index in [1.165, 1.54) is 12.8 Å². The van der Waals surface area contributed by atoms with Crippen molar-refractivity contribution in [2.24, 2.45) is 11.8 Å². The van der Waals surface area contributed by atoms with Crippen LogP contribution in [0.4, 0.5) is 0 Å². The fourth-order valence-corrected chi connectivity index (χ4v) is 5.13. The summed E-state index contributed by atoms with van der Waals surface area (Å²) in [5, 5.41) is 0. The Hall–Kier alpha value is 0.160. The minimum atomic E-state index is -3.17. The van der Waals surface area contributed by atoms with E-state index in [1.807, 2.05) is 6.92 Å². The van der Waals surface area contributed by atoms with Crippen molar-refractivity contribution in [2.75, 3.05) is 25.2 Å². The van der Waals surface area contributed by atoms with E-state index in [4.69, 9.17) is 11.6 Å². The number of fused-ring (bicyclic) bond motifs is 2. The fourth-order valence-electron chi connectivity index (χ4n) is 3.41. The second-order valence-electron chi connectivity index (χ2n) is 6.28. The third-order valence-corrected chi connectivity index (χ3v) is 6.70. The average Bonchev–Trinajstić information content (AvgIpc) is 2.59. The number of hydrogen-bond donors (Lipinski definition) is 1. The first kappa shape index (κ1) is 15.5. The second kappa shape index (κ2) is 6.29. The van der Waals surface area contributed by atoms with Crippen LogP contribution in [-0.2, 0) is 10.0 Å². The van der Waals surface area contributed by atoms with Crippen molar-refractivity contribution in [1.29, 1.82) is 0 Å². The molecule has 4 nitrogen and oxygen atoms in total. The van der Waals surface area contributed by atoms with Gasteiger partial charge in [-0.25, -0.2) is 13.1 Å². The van der Waals surface area contributed by atoms with Crippen LogP contribution in [0.2, 0.25) is 0 Å². The van der Waals surface area contributed by atoms with Gasteiger partial charge in [-0.1, -0.05) is 6.92 Å². The molecular formula is C13H25ClN2O2S. The maximum atomic E-state index is 11.9. The molecule has 1 N–H and O–H groups in total. The highest BCUT2D eigenvalue weighted by molar-refractivity contribution is 7.89. The number of nitrogens with one attached hydrogen (secondary N) is 1. The molecule has 0 aromatic heterocycles. The molecule has 6 heteroatoms. The molecule has 0 radical (unpaired) electrons. The van der Waals surface area contributed by atoms with Gasteiger partial charge in [0, 0.05) is 24.5 Å². The molecule has 2 saturated heterocycles. The number of halogens is 1. The van der Waals surface area contributed by atoms with Crippen molar-refractivity contribution in [3.05, 3.63) is 0 Å². The molecule has 2 heterocycles. The summed E-state index contributed by atoms with van der Waals surface area (Å²) in [6.07, 6.45) is 4.79. The van der Waals surface area contributed by atoms with Crippen LogP contribution < -0.4 is 4.72 Å². The summed E-state index contributed by atoms with van der Waals surface area (Å²) in [7, 11) is -0.969. The van der Waals surface area contributed by atoms with E-state index >= 15 is 0 Å². The Kier molecular flexibility index (Phi) is 5.15. The number of piperidine rings is 1. The van der Waals surface area contributed by atoms with Crippen LogP contribution in [0.25, 0.3) is 0 Å². The summed E-state index contributed by atoms with van der Waals surface area (Å²) in [6.45, 7) is 2.46. The van der Waals surface area contributed by atoms with Gasteiger partial charge in [0.25, 0.3) is 0 Å². The van der Waals surface area contributed by atoms with E-state index in [2.05, 4.69) is 16.7 Å². The number of alkyl halides is 1. The summed E-state index contributed by atoms with van der Waals surface area (Å²) >= 11 is 5.67. The molecule has 0 spiro atoms. The van der Waals surface area contributed by atoms with Gasteiger partial charge in [0.2, 0.25) is 10.0 Å². The summed E-state index contributed by atoms with van der Waals surface area (Å²) < 4.78 is 26.6. The van der Waals surface area contributed by atoms with Crippen molar-refractivity contribution >= 4 is 21.6 Å². The lowest BCUT2D eigenvalue weighted by atomic mass is 9.91. The predicted molar refractivity (Wildman–Crippen MR) is 79.0 cm³/mol. The van der Waals surface area contributed by atoms with Crippen LogP contribution in [0, 0.1) is 11.8 Å². The molecule has 0 amide bonds. The average molecular weight is 309 g/mol. The molecule has 2 bridgehead atoms. The Bertz CT molecular complexity index is 387. The molecule has 0 aromatic rings. The molecule has 112 valence electrons. The number of sulfonamides is 1. The molecule has 2 fully saturated rings. The van der Waals surface area contributed by atoms with Gasteiger partial charge in [-0.3, -0.25) is 0 Å². The van der Waals surface area contributed by atoms with Gasteiger partial charge in [0.05, 0.1) is 5.75 Å². The van der Waals surface area contributed by atoms with Gasteiger partial charge < -0.3 is 4.90 Å². The lowest BCUT2D eigenvalue weighted by molar-refractivity contribution is 0.135. The molecule has 19 heavy (non-hydrogen) atoms. The highest BCUT2D eigenvalue weighted by atomic mass is 35.5. The van der Waals surface area contributed by atoms with Crippen LogP contribution in [0.3, 0.4) is 0 Å². The van der Waals surface area contributed by atoms with Crippen LogP contribution in [0.5, 0.6) is 0 Å². The van der Waals surface area contributed by atoms with Crippen molar-refractivity contribution in [2.45, 2.75) is 44.7 Å². The molecule has 0 saturated carbocycles. The zero-order chi connectivity index (χ0) is 14.0. The molecule has 3 unspecified atom stereocenters. The lowest BCUT2D eigenvalue weighted by Crippen LogP contribution is -2.43. The normalized spacial score (nSPS) is 33.5. The maximum absolute atomic E-state index is 11.9. The van der Waals surface area contributed by atoms with Crippen LogP contribution >= 0.6 is 11.6 Å². The monoisotopic (exact) mass is 308 g/mol. The zero-order valence-electron chi connectivity index (χ0n) is 11.8. The number of hydrogen-bond acceptors (Lipinski definition) is 3. The number of rotatable bonds is 6. The molecule has 0 aromatic carbocycles. The fraction of sp³-hybridized carbons (Fsp3) is 1.00. The van der Waals surface area contributed by atoms with Gasteiger partial charge in [0.15, 0.2) is 0 Å². The van der Waals surface area contributed by atoms with E-state index in [9.17, 15) is 8.42 Å². The van der Waals surface area contributed by atoms with Gasteiger partial charge in [-0.05, 0) is 44.6 Å². The Morgan fingerprint density at radius 2 is 1.89 bits per heavy atom. The van der Waals surface area contributed by atoms with Crippen LogP contribution in [-0.4, -0.2) is 50.6 Å². The molecule has 2 aliphatic rings. The predicted octanol–water partition coefficient (Wildman–Crippen LogP) is 1.65. The van der Waals surface area contributed by atoms with Gasteiger partial charge >= 0.3 is 0 Å². The Morgan fingerprint density at radius 1 is 1.32 bits per heavy atom. The van der Waals surface area contributed by atoms with Crippen LogP contribution in [0.1, 0.15) is 32.6 Å². The van der Waals surface area contributed by atoms with Crippen molar-refractivity contribution in [3.8, 4) is 0 Å². The lowest BCUT2D eigenvalue weighted by Gasteiger charge is -2.36. The third-order valence-electron chi connectivity index (χ3n) is 4.56. The van der Waals surface area contributed by atoms with E-state index in [0.29, 0.717) is 30.4 Å². The van der Waals surface area contributed by atoms with Gasteiger partial charge in [-0.15, -0.1) is 11.6 Å². The molecule has 2 aliphatic heterocycles. The summed E-state index contributed by atoms with van der Waals surface area (Å²) in [6, 6.07) is 1.32. The summed E-state index contributed by atoms with van der Waals surface area (Å²) in [5.41, 5.74) is 0. The van der Waals surface area contributed by atoms with Crippen molar-refractivity contribution in [1.82, 2.24) is 9.62 Å². The van der Waals surface area contributed by atoms with E-state index in [-0.39, 0.29) is 11.7 Å². The van der Waals surface area contributed by atoms with Crippen molar-refractivity contribution < 1.29 is 8.42 Å². The third kappa shape index (κ3) is 4.06. The van der Waals surface area contributed by atoms with Crippen molar-refractivity contribution in [3.63, 3.8) is 0 Å². The maximum Gasteiger partial charge on any atom is 0.211 e. The Balaban J connectivity index is 1.80. The second-order valence-corrected chi connectivity index (χ2v) is 8.44. The smallest absolute Gasteiger partial charge is 0.211 e. The molecule has 0 aliphatic carbocycles. The zero-order valence-corrected chi connectivity index (χ0v) is 13.4. The standard InChI is InChI=1S/C13H25ClN2O2S/c1-10(7-14)9-19(17,18)15-8-11-5-12-3-4-13(6-11)16(12)2/h10-13,15H,3-9H2,1-2H3. The minimum Gasteiger partial charge on any atom is -0.300 e. The highest BCUT2D eigenvalue weighted by Gasteiger charge is 2.38. The first-order valence-electron chi connectivity index (χ1n) is 7.16. The molecule has 2 rings (SSSR count). The minimum absolute atomic E-state index is 0.00726. The molecule has 3 atom stereocenters. The van der Waals surface area contributed by atoms with Crippen LogP contribution in [0.15, 0.2) is 0 Å². The first-order valence-corrected chi connectivity index (χ1v) is 9.35. The highest BCUT2D eigenvalue weighted by Crippen LogP contribution is 2.37. The van der Waals surface area contributed by atoms with E-state index in [1.54, 1.807) is 0 Å². The first-order chi connectivity index (χ1) is 8.91. The largest absolute Gasteiger partial charge is 0.300 e. The molecular weight excluding hydrogens is 284 g/mol. The number of nitrogens with zero attached hydrogens (tertiary/aromatic N) is 1. The quantitative estimate of drug-likeness (QED) is 0.759. The van der Waals surface area contributed by atoms with Gasteiger partial charge in [0.1, 0.15) is 0 Å². The topological polar surface area (TPSA) is 49.4 Å². The Labute approximate surface area is 121 Å².